The molecule has 0 amide bonds. The third-order valence-corrected chi connectivity index (χ3v) is 4.14. The Kier molecular flexibility index (Phi) is 5.24. The lowest BCUT2D eigenvalue weighted by Crippen LogP contribution is -2.33. The minimum absolute atomic E-state index is 0.408. The summed E-state index contributed by atoms with van der Waals surface area (Å²) in [4.78, 5) is 2.36. The molecule has 118 valence electrons. The summed E-state index contributed by atoms with van der Waals surface area (Å²) >= 11 is 0. The van der Waals surface area contributed by atoms with Crippen molar-refractivity contribution in [2.75, 3.05) is 20.2 Å². The number of aromatic nitrogens is 2. The molecule has 0 spiro atoms. The third kappa shape index (κ3) is 4.42. The smallest absolute Gasteiger partial charge is 0.0702 e. The fourth-order valence-corrected chi connectivity index (χ4v) is 3.08. The van der Waals surface area contributed by atoms with Gasteiger partial charge in [0.1, 0.15) is 0 Å². The summed E-state index contributed by atoms with van der Waals surface area (Å²) in [5.74, 6) is 0. The van der Waals surface area contributed by atoms with E-state index in [0.717, 1.165) is 26.2 Å². The highest BCUT2D eigenvalue weighted by Crippen LogP contribution is 2.15. The van der Waals surface area contributed by atoms with Crippen LogP contribution in [-0.2, 0) is 17.8 Å². The molecule has 1 saturated heterocycles. The molecular formula is C18H25N3O. The van der Waals surface area contributed by atoms with Crippen LogP contribution in [-0.4, -0.2) is 41.0 Å². The first kappa shape index (κ1) is 15.3. The standard InChI is InChI=1S/C18H25N3O/c1-20(15-18-8-2-3-11-22-18)13-16-6-4-7-17(12-16)14-21-10-5-9-19-21/h4-7,9-10,12,18H,2-3,8,11,13-15H2,1H3/t18-/m1/s1. The van der Waals surface area contributed by atoms with Crippen LogP contribution in [0.5, 0.6) is 0 Å². The summed E-state index contributed by atoms with van der Waals surface area (Å²) in [7, 11) is 2.18. The molecule has 1 fully saturated rings. The number of likely N-dealkylation sites (N-methyl/N-ethyl adjacent to an activating group) is 1. The summed E-state index contributed by atoms with van der Waals surface area (Å²) < 4.78 is 7.78. The molecule has 0 aliphatic carbocycles. The molecule has 1 aliphatic heterocycles. The maximum absolute atomic E-state index is 5.83. The zero-order valence-electron chi connectivity index (χ0n) is 13.3. The van der Waals surface area contributed by atoms with Crippen molar-refractivity contribution in [2.24, 2.45) is 0 Å². The van der Waals surface area contributed by atoms with Gasteiger partial charge in [0.25, 0.3) is 0 Å². The van der Waals surface area contributed by atoms with E-state index in [4.69, 9.17) is 4.74 Å². The van der Waals surface area contributed by atoms with Gasteiger partial charge in [-0.15, -0.1) is 0 Å². The van der Waals surface area contributed by atoms with Crippen molar-refractivity contribution in [3.63, 3.8) is 0 Å². The number of hydrogen-bond acceptors (Lipinski definition) is 3. The van der Waals surface area contributed by atoms with Gasteiger partial charge in [0.2, 0.25) is 0 Å². The summed E-state index contributed by atoms with van der Waals surface area (Å²) in [6, 6.07) is 10.7. The van der Waals surface area contributed by atoms with E-state index in [1.165, 1.54) is 30.4 Å². The van der Waals surface area contributed by atoms with E-state index in [-0.39, 0.29) is 0 Å². The molecule has 2 heterocycles. The molecule has 4 nitrogen and oxygen atoms in total. The summed E-state index contributed by atoms with van der Waals surface area (Å²) in [5.41, 5.74) is 2.64. The molecule has 1 aromatic carbocycles. The molecule has 3 rings (SSSR count). The first-order chi connectivity index (χ1) is 10.8. The molecule has 22 heavy (non-hydrogen) atoms. The Morgan fingerprint density at radius 3 is 2.95 bits per heavy atom. The molecule has 1 aromatic heterocycles. The first-order valence-electron chi connectivity index (χ1n) is 8.15. The van der Waals surface area contributed by atoms with Gasteiger partial charge in [-0.05, 0) is 43.5 Å². The summed E-state index contributed by atoms with van der Waals surface area (Å²) in [6.45, 7) is 3.74. The average Bonchev–Trinajstić information content (AvgIpc) is 3.01. The topological polar surface area (TPSA) is 30.3 Å². The van der Waals surface area contributed by atoms with Crippen molar-refractivity contribution >= 4 is 0 Å². The molecule has 0 unspecified atom stereocenters. The zero-order valence-corrected chi connectivity index (χ0v) is 13.3. The monoisotopic (exact) mass is 299 g/mol. The maximum Gasteiger partial charge on any atom is 0.0702 e. The van der Waals surface area contributed by atoms with Crippen molar-refractivity contribution in [2.45, 2.75) is 38.5 Å². The van der Waals surface area contributed by atoms with Gasteiger partial charge in [-0.2, -0.15) is 5.10 Å². The Morgan fingerprint density at radius 2 is 2.18 bits per heavy atom. The predicted octanol–water partition coefficient (Wildman–Crippen LogP) is 2.93. The minimum atomic E-state index is 0.408. The van der Waals surface area contributed by atoms with E-state index in [1.54, 1.807) is 0 Å². The van der Waals surface area contributed by atoms with Gasteiger partial charge < -0.3 is 4.74 Å². The molecule has 0 radical (unpaired) electrons. The number of hydrogen-bond donors (Lipinski definition) is 0. The van der Waals surface area contributed by atoms with Gasteiger partial charge >= 0.3 is 0 Å². The molecule has 1 atom stereocenters. The molecule has 0 saturated carbocycles. The van der Waals surface area contributed by atoms with Crippen molar-refractivity contribution in [1.29, 1.82) is 0 Å². The van der Waals surface area contributed by atoms with Crippen molar-refractivity contribution in [3.05, 3.63) is 53.9 Å². The lowest BCUT2D eigenvalue weighted by Gasteiger charge is -2.27. The quantitative estimate of drug-likeness (QED) is 0.821. The molecule has 1 aliphatic rings. The van der Waals surface area contributed by atoms with Crippen LogP contribution >= 0.6 is 0 Å². The van der Waals surface area contributed by atoms with E-state index < -0.39 is 0 Å². The maximum atomic E-state index is 5.83. The Labute approximate surface area is 132 Å². The van der Waals surface area contributed by atoms with Gasteiger partial charge in [0.05, 0.1) is 12.6 Å². The van der Waals surface area contributed by atoms with Crippen LogP contribution < -0.4 is 0 Å². The van der Waals surface area contributed by atoms with Gasteiger partial charge in [-0.3, -0.25) is 9.58 Å². The van der Waals surface area contributed by atoms with Gasteiger partial charge in [-0.25, -0.2) is 0 Å². The highest BCUT2D eigenvalue weighted by molar-refractivity contribution is 5.23. The highest BCUT2D eigenvalue weighted by Gasteiger charge is 2.15. The number of nitrogens with zero attached hydrogens (tertiary/aromatic N) is 3. The predicted molar refractivity (Wildman–Crippen MR) is 87.7 cm³/mol. The van der Waals surface area contributed by atoms with E-state index in [0.29, 0.717) is 6.10 Å². The summed E-state index contributed by atoms with van der Waals surface area (Å²) in [5, 5.41) is 4.27. The SMILES string of the molecule is CN(Cc1cccc(Cn2cccn2)c1)C[C@H]1CCCCO1. The van der Waals surface area contributed by atoms with Crippen LogP contribution in [0.3, 0.4) is 0 Å². The second-order valence-corrected chi connectivity index (χ2v) is 6.21. The Hall–Kier alpha value is -1.65. The molecule has 0 bridgehead atoms. The van der Waals surface area contributed by atoms with Crippen molar-refractivity contribution in [1.82, 2.24) is 14.7 Å². The molecular weight excluding hydrogens is 274 g/mol. The molecule has 0 N–H and O–H groups in total. The van der Waals surface area contributed by atoms with E-state index in [2.05, 4.69) is 41.3 Å². The fraction of sp³-hybridized carbons (Fsp3) is 0.500. The number of benzene rings is 1. The molecule has 4 heteroatoms. The summed E-state index contributed by atoms with van der Waals surface area (Å²) in [6.07, 6.45) is 7.95. The van der Waals surface area contributed by atoms with Crippen LogP contribution in [0.2, 0.25) is 0 Å². The van der Waals surface area contributed by atoms with E-state index >= 15 is 0 Å². The minimum Gasteiger partial charge on any atom is -0.377 e. The van der Waals surface area contributed by atoms with Crippen LogP contribution in [0, 0.1) is 0 Å². The Bertz CT molecular complexity index is 561. The lowest BCUT2D eigenvalue weighted by molar-refractivity contribution is -0.00259. The second-order valence-electron chi connectivity index (χ2n) is 6.21. The number of ether oxygens (including phenoxy) is 1. The number of rotatable bonds is 6. The normalized spacial score (nSPS) is 18.7. The Morgan fingerprint density at radius 1 is 1.27 bits per heavy atom. The van der Waals surface area contributed by atoms with Crippen molar-refractivity contribution < 1.29 is 4.74 Å². The average molecular weight is 299 g/mol. The fourth-order valence-electron chi connectivity index (χ4n) is 3.08. The van der Waals surface area contributed by atoms with Crippen LogP contribution in [0.4, 0.5) is 0 Å². The first-order valence-corrected chi connectivity index (χ1v) is 8.15. The third-order valence-electron chi connectivity index (χ3n) is 4.14. The van der Waals surface area contributed by atoms with Crippen LogP contribution in [0.1, 0.15) is 30.4 Å². The Balaban J connectivity index is 1.55. The molecule has 2 aromatic rings. The van der Waals surface area contributed by atoms with Gasteiger partial charge in [0.15, 0.2) is 0 Å². The van der Waals surface area contributed by atoms with Gasteiger partial charge in [-0.1, -0.05) is 24.3 Å². The highest BCUT2D eigenvalue weighted by atomic mass is 16.5. The van der Waals surface area contributed by atoms with E-state index in [9.17, 15) is 0 Å². The van der Waals surface area contributed by atoms with Crippen LogP contribution in [0.25, 0.3) is 0 Å². The van der Waals surface area contributed by atoms with E-state index in [1.807, 2.05) is 23.1 Å². The van der Waals surface area contributed by atoms with Crippen molar-refractivity contribution in [3.8, 4) is 0 Å². The van der Waals surface area contributed by atoms with Gasteiger partial charge in [0, 0.05) is 32.1 Å². The second kappa shape index (κ2) is 7.56. The lowest BCUT2D eigenvalue weighted by atomic mass is 10.1. The largest absolute Gasteiger partial charge is 0.377 e. The zero-order chi connectivity index (χ0) is 15.2. The van der Waals surface area contributed by atoms with Crippen LogP contribution in [0.15, 0.2) is 42.7 Å².